The van der Waals surface area contributed by atoms with Gasteiger partial charge in [0, 0.05) is 50.6 Å². The van der Waals surface area contributed by atoms with Crippen molar-refractivity contribution in [1.29, 1.82) is 0 Å². The van der Waals surface area contributed by atoms with Gasteiger partial charge in [-0.3, -0.25) is 9.13 Å². The van der Waals surface area contributed by atoms with Crippen molar-refractivity contribution in [3.63, 3.8) is 0 Å². The van der Waals surface area contributed by atoms with Gasteiger partial charge < -0.3 is 9.14 Å². The Labute approximate surface area is 385 Å². The third kappa shape index (κ3) is 6.29. The van der Waals surface area contributed by atoms with Crippen molar-refractivity contribution in [2.45, 2.75) is 78.6 Å². The number of hydrogen-bond donors (Lipinski definition) is 0. The molecule has 0 spiro atoms. The fourth-order valence-corrected chi connectivity index (χ4v) is 10.1. The Morgan fingerprint density at radius 3 is 1.77 bits per heavy atom. The number of hydrogen-bond acceptors (Lipinski definition) is 3. The van der Waals surface area contributed by atoms with Crippen LogP contribution in [0.15, 0.2) is 158 Å². The Morgan fingerprint density at radius 1 is 0.424 bits per heavy atom. The summed E-state index contributed by atoms with van der Waals surface area (Å²) >= 11 is 0. The molecule has 0 bridgehead atoms. The topological polar surface area (TPSA) is 49.3 Å². The van der Waals surface area contributed by atoms with Gasteiger partial charge >= 0.3 is 0 Å². The Hall–Kier alpha value is -7.44. The third-order valence-electron chi connectivity index (χ3n) is 13.8. The molecule has 0 atom stereocenters. The molecule has 7 aromatic carbocycles. The minimum atomic E-state index is -0.0441. The molecule has 0 saturated carbocycles. The highest BCUT2D eigenvalue weighted by Gasteiger charge is 2.25. The van der Waals surface area contributed by atoms with Crippen LogP contribution in [-0.2, 0) is 16.2 Å². The molecule has 12 aromatic rings. The minimum Gasteiger partial charge on any atom is -0.457 e. The molecule has 5 aromatic heterocycles. The van der Waals surface area contributed by atoms with Crippen molar-refractivity contribution in [1.82, 2.24) is 23.5 Å². The molecule has 6 heteroatoms. The predicted molar refractivity (Wildman–Crippen MR) is 276 cm³/mol. The summed E-state index contributed by atoms with van der Waals surface area (Å²) in [6.07, 6.45) is 3.81. The van der Waals surface area contributed by atoms with E-state index in [9.17, 15) is 0 Å². The van der Waals surface area contributed by atoms with E-state index in [4.69, 9.17) is 9.72 Å². The molecule has 0 amide bonds. The van der Waals surface area contributed by atoms with Gasteiger partial charge in [0.2, 0.25) is 0 Å². The Balaban J connectivity index is 1.01. The van der Waals surface area contributed by atoms with Crippen LogP contribution in [0, 0.1) is 0 Å². The van der Waals surface area contributed by atoms with Gasteiger partial charge in [0.15, 0.2) is 0 Å². The second-order valence-corrected chi connectivity index (χ2v) is 21.3. The highest BCUT2D eigenvalue weighted by molar-refractivity contribution is 6.24. The van der Waals surface area contributed by atoms with Gasteiger partial charge in [-0.1, -0.05) is 98.7 Å². The quantitative estimate of drug-likeness (QED) is 0.173. The average Bonchev–Trinajstić information content (AvgIpc) is 4.05. The number of benzene rings is 7. The molecule has 0 aliphatic carbocycles. The van der Waals surface area contributed by atoms with Gasteiger partial charge in [0.05, 0.1) is 44.3 Å². The minimum absolute atomic E-state index is 0.00754. The standard InChI is InChI=1S/C60H53N5O/c1-58(2,3)38-19-24-53-47(29-38)49-31-40(60(7,8)9)30-48-46-28-37(18-23-52(46)65(53)57(48)49)36-17-22-51-45(27-36)44-21-20-43(34-55(44)64(51)56-32-39(25-26-61-56)59(4,5)6)66-42-14-12-13-41(33-42)63-35-62-50-15-10-11-16-54(50)63/h10-35H,1-9H3. The summed E-state index contributed by atoms with van der Waals surface area (Å²) in [5, 5.41) is 7.54. The number of ether oxygens (including phenoxy) is 1. The molecular formula is C60H53N5O. The molecule has 0 aliphatic rings. The second-order valence-electron chi connectivity index (χ2n) is 21.3. The first-order valence-corrected chi connectivity index (χ1v) is 23.1. The molecule has 0 unspecified atom stereocenters. The molecule has 5 heterocycles. The normalized spacial score (nSPS) is 12.9. The van der Waals surface area contributed by atoms with Crippen molar-refractivity contribution in [2.75, 3.05) is 0 Å². The van der Waals surface area contributed by atoms with E-state index in [2.05, 4.69) is 196 Å². The van der Waals surface area contributed by atoms with Crippen molar-refractivity contribution in [3.05, 3.63) is 175 Å². The number of nitrogens with zero attached hydrogens (tertiary/aromatic N) is 5. The van der Waals surface area contributed by atoms with Crippen LogP contribution in [0.5, 0.6) is 11.5 Å². The number of para-hydroxylation sites is 2. The zero-order chi connectivity index (χ0) is 45.4. The van der Waals surface area contributed by atoms with Gasteiger partial charge in [0.1, 0.15) is 23.6 Å². The largest absolute Gasteiger partial charge is 0.457 e. The molecule has 12 rings (SSSR count). The molecule has 66 heavy (non-hydrogen) atoms. The lowest BCUT2D eigenvalue weighted by Gasteiger charge is -2.20. The summed E-state index contributed by atoms with van der Waals surface area (Å²) in [6.45, 7) is 20.6. The summed E-state index contributed by atoms with van der Waals surface area (Å²) in [6, 6.07) is 53.1. The summed E-state index contributed by atoms with van der Waals surface area (Å²) in [5.74, 6) is 2.38. The second kappa shape index (κ2) is 14.0. The lowest BCUT2D eigenvalue weighted by molar-refractivity contribution is 0.483. The number of fused-ring (bicyclic) bond motifs is 10. The van der Waals surface area contributed by atoms with Crippen LogP contribution < -0.4 is 4.74 Å². The van der Waals surface area contributed by atoms with Crippen LogP contribution in [0.2, 0.25) is 0 Å². The molecule has 0 aliphatic heterocycles. The van der Waals surface area contributed by atoms with Crippen LogP contribution in [0.3, 0.4) is 0 Å². The molecule has 6 nitrogen and oxygen atoms in total. The van der Waals surface area contributed by atoms with E-state index >= 15 is 0 Å². The van der Waals surface area contributed by atoms with Crippen LogP contribution in [0.25, 0.3) is 93.6 Å². The predicted octanol–water partition coefficient (Wildman–Crippen LogP) is 16.0. The zero-order valence-corrected chi connectivity index (χ0v) is 39.2. The van der Waals surface area contributed by atoms with Crippen LogP contribution in [0.4, 0.5) is 0 Å². The molecule has 0 fully saturated rings. The first-order chi connectivity index (χ1) is 31.6. The van der Waals surface area contributed by atoms with Crippen molar-refractivity contribution in [2.24, 2.45) is 0 Å². The maximum atomic E-state index is 6.69. The highest BCUT2D eigenvalue weighted by atomic mass is 16.5. The van der Waals surface area contributed by atoms with E-state index in [1.54, 1.807) is 0 Å². The lowest BCUT2D eigenvalue weighted by atomic mass is 9.84. The lowest BCUT2D eigenvalue weighted by Crippen LogP contribution is -2.12. The fraction of sp³-hybridized carbons (Fsp3) is 0.200. The molecule has 324 valence electrons. The van der Waals surface area contributed by atoms with Crippen molar-refractivity contribution in [3.8, 4) is 34.1 Å². The maximum Gasteiger partial charge on any atom is 0.137 e. The Bertz CT molecular complexity index is 3910. The summed E-state index contributed by atoms with van der Waals surface area (Å²) < 4.78 is 13.6. The first-order valence-electron chi connectivity index (χ1n) is 23.1. The Morgan fingerprint density at radius 2 is 1.05 bits per heavy atom. The van der Waals surface area contributed by atoms with Gasteiger partial charge in [-0.15, -0.1) is 0 Å². The summed E-state index contributed by atoms with van der Waals surface area (Å²) in [5.41, 5.74) is 15.2. The third-order valence-corrected chi connectivity index (χ3v) is 13.8. The van der Waals surface area contributed by atoms with Crippen molar-refractivity contribution < 1.29 is 4.74 Å². The van der Waals surface area contributed by atoms with E-state index in [1.165, 1.54) is 65.9 Å². The number of pyridine rings is 1. The van der Waals surface area contributed by atoms with E-state index in [0.717, 1.165) is 55.8 Å². The zero-order valence-electron chi connectivity index (χ0n) is 39.2. The van der Waals surface area contributed by atoms with E-state index < -0.39 is 0 Å². The molecular weight excluding hydrogens is 807 g/mol. The van der Waals surface area contributed by atoms with E-state index in [0.29, 0.717) is 0 Å². The molecule has 0 N–H and O–H groups in total. The highest BCUT2D eigenvalue weighted by Crippen LogP contribution is 2.45. The molecule has 0 saturated heterocycles. The monoisotopic (exact) mass is 859 g/mol. The van der Waals surface area contributed by atoms with E-state index in [-0.39, 0.29) is 16.2 Å². The van der Waals surface area contributed by atoms with Crippen LogP contribution in [0.1, 0.15) is 79.0 Å². The van der Waals surface area contributed by atoms with Gasteiger partial charge in [-0.25, -0.2) is 9.97 Å². The number of rotatable bonds is 5. The number of imidazole rings is 1. The fourth-order valence-electron chi connectivity index (χ4n) is 10.1. The summed E-state index contributed by atoms with van der Waals surface area (Å²) in [7, 11) is 0. The van der Waals surface area contributed by atoms with E-state index in [1.807, 2.05) is 42.9 Å². The average molecular weight is 860 g/mol. The smallest absolute Gasteiger partial charge is 0.137 e. The summed E-state index contributed by atoms with van der Waals surface area (Å²) in [4.78, 5) is 9.62. The van der Waals surface area contributed by atoms with Gasteiger partial charge in [-0.05, 0) is 141 Å². The van der Waals surface area contributed by atoms with Gasteiger partial charge in [0.25, 0.3) is 0 Å². The van der Waals surface area contributed by atoms with Crippen molar-refractivity contribution >= 4 is 70.9 Å². The first kappa shape index (κ1) is 40.1. The Kier molecular flexibility index (Phi) is 8.52. The van der Waals surface area contributed by atoms with Gasteiger partial charge in [-0.2, -0.15) is 0 Å². The molecule has 0 radical (unpaired) electrons. The number of aromatic nitrogens is 5. The SMILES string of the molecule is CC(C)(C)c1ccnc(-n2c3ccc(-c4ccc5c(c4)c4cc(C(C)(C)C)cc6c7cc(C(C)(C)C)ccc7n5c46)cc3c3ccc(Oc4cccc(-n5cnc6ccccc65)c4)cc32)c1. The maximum absolute atomic E-state index is 6.69. The van der Waals surface area contributed by atoms with Crippen LogP contribution in [-0.4, -0.2) is 23.5 Å². The van der Waals surface area contributed by atoms with Crippen LogP contribution >= 0.6 is 0 Å².